The number of rotatable bonds is 7. The number of aromatic nitrogens is 1. The molecule has 2 rings (SSSR count). The standard InChI is InChI=1S/C15H21BrN2/c1-2-3-4-8-17-9-11-18-10-7-13-5-6-14(16)12-15(13)18/h5-7,10,12,17H,2-4,8-9,11H2,1H3. The summed E-state index contributed by atoms with van der Waals surface area (Å²) in [6.07, 6.45) is 6.07. The number of benzene rings is 1. The van der Waals surface area contributed by atoms with Crippen LogP contribution in [-0.2, 0) is 6.54 Å². The Kier molecular flexibility index (Phi) is 5.26. The van der Waals surface area contributed by atoms with Gasteiger partial charge in [0.05, 0.1) is 0 Å². The fourth-order valence-electron chi connectivity index (χ4n) is 2.18. The van der Waals surface area contributed by atoms with E-state index in [1.807, 2.05) is 0 Å². The lowest BCUT2D eigenvalue weighted by molar-refractivity contribution is 0.576. The predicted molar refractivity (Wildman–Crippen MR) is 82.0 cm³/mol. The number of nitrogens with one attached hydrogen (secondary N) is 1. The van der Waals surface area contributed by atoms with Gasteiger partial charge in [0.2, 0.25) is 0 Å². The molecule has 0 aliphatic carbocycles. The van der Waals surface area contributed by atoms with E-state index in [1.165, 1.54) is 30.2 Å². The highest BCUT2D eigenvalue weighted by Crippen LogP contribution is 2.20. The van der Waals surface area contributed by atoms with Crippen molar-refractivity contribution < 1.29 is 0 Å². The molecular weight excluding hydrogens is 288 g/mol. The molecule has 1 aromatic carbocycles. The molecule has 2 nitrogen and oxygen atoms in total. The summed E-state index contributed by atoms with van der Waals surface area (Å²) in [5.41, 5.74) is 1.31. The first-order valence-corrected chi connectivity index (χ1v) is 7.55. The van der Waals surface area contributed by atoms with E-state index in [0.29, 0.717) is 0 Å². The van der Waals surface area contributed by atoms with Crippen LogP contribution in [0.1, 0.15) is 26.2 Å². The van der Waals surface area contributed by atoms with Crippen molar-refractivity contribution in [1.82, 2.24) is 9.88 Å². The molecule has 2 aromatic rings. The first-order valence-electron chi connectivity index (χ1n) is 6.76. The van der Waals surface area contributed by atoms with Gasteiger partial charge in [0, 0.05) is 29.3 Å². The van der Waals surface area contributed by atoms with Gasteiger partial charge in [0.25, 0.3) is 0 Å². The SMILES string of the molecule is CCCCCNCCn1ccc2ccc(Br)cc21. The number of unbranched alkanes of at least 4 members (excludes halogenated alkanes) is 2. The van der Waals surface area contributed by atoms with Crippen molar-refractivity contribution in [1.29, 1.82) is 0 Å². The molecule has 0 radical (unpaired) electrons. The van der Waals surface area contributed by atoms with E-state index in [2.05, 4.69) is 63.2 Å². The smallest absolute Gasteiger partial charge is 0.0492 e. The van der Waals surface area contributed by atoms with Crippen LogP contribution in [0.5, 0.6) is 0 Å². The minimum absolute atomic E-state index is 1.03. The molecule has 18 heavy (non-hydrogen) atoms. The summed E-state index contributed by atoms with van der Waals surface area (Å²) in [6.45, 7) is 5.45. The van der Waals surface area contributed by atoms with E-state index in [9.17, 15) is 0 Å². The molecule has 0 fully saturated rings. The Morgan fingerprint density at radius 3 is 2.89 bits per heavy atom. The van der Waals surface area contributed by atoms with E-state index in [1.54, 1.807) is 0 Å². The van der Waals surface area contributed by atoms with Crippen LogP contribution in [0.4, 0.5) is 0 Å². The van der Waals surface area contributed by atoms with Crippen LogP contribution < -0.4 is 5.32 Å². The van der Waals surface area contributed by atoms with Crippen LogP contribution in [0.25, 0.3) is 10.9 Å². The number of hydrogen-bond donors (Lipinski definition) is 1. The minimum Gasteiger partial charge on any atom is -0.346 e. The van der Waals surface area contributed by atoms with E-state index in [4.69, 9.17) is 0 Å². The van der Waals surface area contributed by atoms with Gasteiger partial charge >= 0.3 is 0 Å². The first-order chi connectivity index (χ1) is 8.81. The highest BCUT2D eigenvalue weighted by atomic mass is 79.9. The van der Waals surface area contributed by atoms with Crippen LogP contribution in [-0.4, -0.2) is 17.7 Å². The molecule has 3 heteroatoms. The highest BCUT2D eigenvalue weighted by Gasteiger charge is 2.00. The number of halogens is 1. The maximum absolute atomic E-state index is 3.53. The molecule has 1 N–H and O–H groups in total. The van der Waals surface area contributed by atoms with Crippen molar-refractivity contribution in [2.24, 2.45) is 0 Å². The van der Waals surface area contributed by atoms with Crippen molar-refractivity contribution in [3.8, 4) is 0 Å². The monoisotopic (exact) mass is 308 g/mol. The zero-order chi connectivity index (χ0) is 12.8. The van der Waals surface area contributed by atoms with Gasteiger partial charge in [0.15, 0.2) is 0 Å². The van der Waals surface area contributed by atoms with Gasteiger partial charge in [-0.05, 0) is 36.6 Å². The average Bonchev–Trinajstić information content (AvgIpc) is 2.76. The number of fused-ring (bicyclic) bond motifs is 1. The van der Waals surface area contributed by atoms with Crippen molar-refractivity contribution in [2.45, 2.75) is 32.7 Å². The second kappa shape index (κ2) is 6.95. The molecule has 0 spiro atoms. The lowest BCUT2D eigenvalue weighted by Crippen LogP contribution is -2.20. The maximum atomic E-state index is 3.53. The summed E-state index contributed by atoms with van der Waals surface area (Å²) in [7, 11) is 0. The number of hydrogen-bond acceptors (Lipinski definition) is 1. The average molecular weight is 309 g/mol. The van der Waals surface area contributed by atoms with Crippen molar-refractivity contribution >= 4 is 26.8 Å². The first kappa shape index (κ1) is 13.6. The molecular formula is C15H21BrN2. The van der Waals surface area contributed by atoms with Gasteiger partial charge < -0.3 is 9.88 Å². The normalized spacial score (nSPS) is 11.2. The van der Waals surface area contributed by atoms with Crippen LogP contribution in [0.15, 0.2) is 34.9 Å². The molecule has 0 bridgehead atoms. The Balaban J connectivity index is 1.86. The van der Waals surface area contributed by atoms with Crippen molar-refractivity contribution in [3.05, 3.63) is 34.9 Å². The van der Waals surface area contributed by atoms with Crippen molar-refractivity contribution in [2.75, 3.05) is 13.1 Å². The Hall–Kier alpha value is -0.800. The van der Waals surface area contributed by atoms with Crippen LogP contribution in [0.2, 0.25) is 0 Å². The zero-order valence-electron chi connectivity index (χ0n) is 11.0. The van der Waals surface area contributed by atoms with E-state index in [0.717, 1.165) is 24.1 Å². The molecule has 0 saturated heterocycles. The van der Waals surface area contributed by atoms with Gasteiger partial charge in [-0.1, -0.05) is 41.8 Å². The van der Waals surface area contributed by atoms with Gasteiger partial charge in [-0.3, -0.25) is 0 Å². The third-order valence-electron chi connectivity index (χ3n) is 3.22. The third-order valence-corrected chi connectivity index (χ3v) is 3.72. The van der Waals surface area contributed by atoms with E-state index < -0.39 is 0 Å². The second-order valence-electron chi connectivity index (χ2n) is 4.67. The zero-order valence-corrected chi connectivity index (χ0v) is 12.5. The topological polar surface area (TPSA) is 17.0 Å². The summed E-state index contributed by atoms with van der Waals surface area (Å²) < 4.78 is 3.46. The maximum Gasteiger partial charge on any atom is 0.0492 e. The third kappa shape index (κ3) is 3.59. The van der Waals surface area contributed by atoms with E-state index >= 15 is 0 Å². The van der Waals surface area contributed by atoms with Gasteiger partial charge in [0.1, 0.15) is 0 Å². The van der Waals surface area contributed by atoms with Gasteiger partial charge in [-0.2, -0.15) is 0 Å². The summed E-state index contributed by atoms with van der Waals surface area (Å²) in [5, 5.41) is 4.81. The Labute approximate surface area is 118 Å². The Morgan fingerprint density at radius 2 is 2.06 bits per heavy atom. The molecule has 98 valence electrons. The fraction of sp³-hybridized carbons (Fsp3) is 0.467. The largest absolute Gasteiger partial charge is 0.346 e. The molecule has 0 amide bonds. The van der Waals surface area contributed by atoms with Gasteiger partial charge in [-0.15, -0.1) is 0 Å². The van der Waals surface area contributed by atoms with Crippen molar-refractivity contribution in [3.63, 3.8) is 0 Å². The molecule has 0 aliphatic rings. The minimum atomic E-state index is 1.03. The predicted octanol–water partition coefficient (Wildman–Crippen LogP) is 4.18. The Bertz CT molecular complexity index is 490. The molecule has 1 aromatic heterocycles. The molecule has 0 aliphatic heterocycles. The molecule has 0 atom stereocenters. The molecule has 0 saturated carbocycles. The molecule has 1 heterocycles. The quantitative estimate of drug-likeness (QED) is 0.759. The summed E-state index contributed by atoms with van der Waals surface area (Å²) >= 11 is 3.53. The lowest BCUT2D eigenvalue weighted by Gasteiger charge is -2.07. The highest BCUT2D eigenvalue weighted by molar-refractivity contribution is 9.10. The number of nitrogens with zero attached hydrogens (tertiary/aromatic N) is 1. The van der Waals surface area contributed by atoms with Gasteiger partial charge in [-0.25, -0.2) is 0 Å². The van der Waals surface area contributed by atoms with Crippen LogP contribution >= 0.6 is 15.9 Å². The summed E-state index contributed by atoms with van der Waals surface area (Å²) in [5.74, 6) is 0. The Morgan fingerprint density at radius 1 is 1.17 bits per heavy atom. The summed E-state index contributed by atoms with van der Waals surface area (Å²) in [4.78, 5) is 0. The summed E-state index contributed by atoms with van der Waals surface area (Å²) in [6, 6.07) is 8.62. The fourth-order valence-corrected chi connectivity index (χ4v) is 2.53. The van der Waals surface area contributed by atoms with Crippen LogP contribution in [0.3, 0.4) is 0 Å². The van der Waals surface area contributed by atoms with E-state index in [-0.39, 0.29) is 0 Å². The second-order valence-corrected chi connectivity index (χ2v) is 5.59. The lowest BCUT2D eigenvalue weighted by atomic mass is 10.2. The van der Waals surface area contributed by atoms with Crippen LogP contribution in [0, 0.1) is 0 Å². The molecule has 0 unspecified atom stereocenters.